The second-order valence-electron chi connectivity index (χ2n) is 3.54. The molecule has 1 fully saturated rings. The summed E-state index contributed by atoms with van der Waals surface area (Å²) in [4.78, 5) is 2.28. The highest BCUT2D eigenvalue weighted by atomic mass is 16.5. The molecule has 74 valence electrons. The van der Waals surface area contributed by atoms with Crippen molar-refractivity contribution in [3.05, 3.63) is 0 Å². The highest BCUT2D eigenvalue weighted by Crippen LogP contribution is 2.21. The van der Waals surface area contributed by atoms with Crippen molar-refractivity contribution in [2.24, 2.45) is 0 Å². The fourth-order valence-electron chi connectivity index (χ4n) is 2.04. The average molecular weight is 182 g/mol. The molecule has 1 heterocycles. The van der Waals surface area contributed by atoms with Crippen molar-refractivity contribution in [2.75, 3.05) is 20.3 Å². The molecular formula is C10H18N2O. The molecule has 0 aromatic rings. The lowest BCUT2D eigenvalue weighted by Gasteiger charge is -2.27. The number of rotatable bonds is 4. The number of ether oxygens (including phenoxy) is 1. The van der Waals surface area contributed by atoms with E-state index in [9.17, 15) is 0 Å². The minimum atomic E-state index is 0.0858. The van der Waals surface area contributed by atoms with E-state index in [4.69, 9.17) is 10.00 Å². The van der Waals surface area contributed by atoms with Gasteiger partial charge in [0.2, 0.25) is 0 Å². The summed E-state index contributed by atoms with van der Waals surface area (Å²) in [6.07, 6.45) is 3.29. The molecule has 1 aliphatic rings. The van der Waals surface area contributed by atoms with E-state index in [0.717, 1.165) is 19.6 Å². The van der Waals surface area contributed by atoms with Crippen molar-refractivity contribution < 1.29 is 4.74 Å². The molecule has 0 N–H and O–H groups in total. The molecule has 0 amide bonds. The molecule has 0 bridgehead atoms. The molecule has 3 nitrogen and oxygen atoms in total. The fraction of sp³-hybridized carbons (Fsp3) is 0.900. The first-order valence-electron chi connectivity index (χ1n) is 4.97. The molecule has 2 unspecified atom stereocenters. The van der Waals surface area contributed by atoms with Crippen LogP contribution in [0, 0.1) is 11.3 Å². The van der Waals surface area contributed by atoms with Gasteiger partial charge in [-0.2, -0.15) is 5.26 Å². The van der Waals surface area contributed by atoms with Crippen molar-refractivity contribution in [1.82, 2.24) is 4.90 Å². The molecular weight excluding hydrogens is 164 g/mol. The summed E-state index contributed by atoms with van der Waals surface area (Å²) in [5, 5.41) is 8.94. The van der Waals surface area contributed by atoms with Crippen LogP contribution < -0.4 is 0 Å². The maximum absolute atomic E-state index is 8.94. The van der Waals surface area contributed by atoms with E-state index in [1.54, 1.807) is 7.11 Å². The monoisotopic (exact) mass is 182 g/mol. The van der Waals surface area contributed by atoms with Gasteiger partial charge < -0.3 is 4.74 Å². The minimum Gasteiger partial charge on any atom is -0.383 e. The molecule has 1 aliphatic heterocycles. The van der Waals surface area contributed by atoms with Crippen molar-refractivity contribution in [2.45, 2.75) is 38.3 Å². The van der Waals surface area contributed by atoms with E-state index in [-0.39, 0.29) is 6.04 Å². The molecule has 0 saturated carbocycles. The highest BCUT2D eigenvalue weighted by Gasteiger charge is 2.29. The number of likely N-dealkylation sites (tertiary alicyclic amines) is 1. The summed E-state index contributed by atoms with van der Waals surface area (Å²) in [5.74, 6) is 0. The maximum Gasteiger partial charge on any atom is 0.0978 e. The number of nitriles is 1. The SMILES string of the molecule is CCC(C#N)N1CCCC1COC. The predicted molar refractivity (Wildman–Crippen MR) is 51.3 cm³/mol. The smallest absolute Gasteiger partial charge is 0.0978 e. The third-order valence-electron chi connectivity index (χ3n) is 2.72. The van der Waals surface area contributed by atoms with Crippen LogP contribution in [0.25, 0.3) is 0 Å². The van der Waals surface area contributed by atoms with E-state index in [1.165, 1.54) is 12.8 Å². The molecule has 0 radical (unpaired) electrons. The second-order valence-corrected chi connectivity index (χ2v) is 3.54. The third-order valence-corrected chi connectivity index (χ3v) is 2.72. The summed E-state index contributed by atoms with van der Waals surface area (Å²) < 4.78 is 5.14. The Morgan fingerprint density at radius 2 is 2.46 bits per heavy atom. The lowest BCUT2D eigenvalue weighted by Crippen LogP contribution is -2.40. The molecule has 1 rings (SSSR count). The van der Waals surface area contributed by atoms with Crippen molar-refractivity contribution in [3.8, 4) is 6.07 Å². The van der Waals surface area contributed by atoms with Gasteiger partial charge in [-0.25, -0.2) is 0 Å². The Morgan fingerprint density at radius 3 is 3.00 bits per heavy atom. The van der Waals surface area contributed by atoms with Crippen LogP contribution >= 0.6 is 0 Å². The maximum atomic E-state index is 8.94. The van der Waals surface area contributed by atoms with E-state index in [1.807, 2.05) is 0 Å². The van der Waals surface area contributed by atoms with Crippen LogP contribution in [0.4, 0.5) is 0 Å². The second kappa shape index (κ2) is 5.21. The lowest BCUT2D eigenvalue weighted by molar-refractivity contribution is 0.101. The molecule has 13 heavy (non-hydrogen) atoms. The van der Waals surface area contributed by atoms with Gasteiger partial charge in [0, 0.05) is 13.2 Å². The summed E-state index contributed by atoms with van der Waals surface area (Å²) in [7, 11) is 1.73. The number of hydrogen-bond donors (Lipinski definition) is 0. The lowest BCUT2D eigenvalue weighted by atomic mass is 10.2. The summed E-state index contributed by atoms with van der Waals surface area (Å²) in [6, 6.07) is 2.91. The molecule has 0 spiro atoms. The van der Waals surface area contributed by atoms with E-state index in [0.29, 0.717) is 6.04 Å². The Hall–Kier alpha value is -0.590. The summed E-state index contributed by atoms with van der Waals surface area (Å²) in [6.45, 7) is 3.88. The molecule has 0 aliphatic carbocycles. The number of nitrogens with zero attached hydrogens (tertiary/aromatic N) is 2. The average Bonchev–Trinajstić information content (AvgIpc) is 2.57. The quantitative estimate of drug-likeness (QED) is 0.659. The minimum absolute atomic E-state index is 0.0858. The molecule has 0 aromatic heterocycles. The van der Waals surface area contributed by atoms with Crippen LogP contribution in [-0.4, -0.2) is 37.2 Å². The van der Waals surface area contributed by atoms with Crippen LogP contribution in [0.2, 0.25) is 0 Å². The van der Waals surface area contributed by atoms with Crippen LogP contribution in [0.15, 0.2) is 0 Å². The first kappa shape index (κ1) is 10.5. The van der Waals surface area contributed by atoms with Crippen molar-refractivity contribution in [3.63, 3.8) is 0 Å². The standard InChI is InChI=1S/C10H18N2O/c1-3-9(7-11)12-6-4-5-10(12)8-13-2/h9-10H,3-6,8H2,1-2H3. The van der Waals surface area contributed by atoms with E-state index >= 15 is 0 Å². The van der Waals surface area contributed by atoms with E-state index < -0.39 is 0 Å². The summed E-state index contributed by atoms with van der Waals surface area (Å²) in [5.41, 5.74) is 0. The van der Waals surface area contributed by atoms with Gasteiger partial charge in [0.1, 0.15) is 0 Å². The normalized spacial score (nSPS) is 25.8. The Kier molecular flexibility index (Phi) is 4.20. The van der Waals surface area contributed by atoms with Crippen LogP contribution in [-0.2, 0) is 4.74 Å². The first-order chi connectivity index (χ1) is 6.33. The zero-order valence-electron chi connectivity index (χ0n) is 8.49. The van der Waals surface area contributed by atoms with Gasteiger partial charge in [-0.1, -0.05) is 6.92 Å². The fourth-order valence-corrected chi connectivity index (χ4v) is 2.04. The Balaban J connectivity index is 2.51. The topological polar surface area (TPSA) is 36.3 Å². The molecule has 2 atom stereocenters. The molecule has 0 aromatic carbocycles. The van der Waals surface area contributed by atoms with Gasteiger partial charge in [-0.3, -0.25) is 4.90 Å². The van der Waals surface area contributed by atoms with Gasteiger partial charge in [-0.15, -0.1) is 0 Å². The van der Waals surface area contributed by atoms with Crippen LogP contribution in [0.5, 0.6) is 0 Å². The number of methoxy groups -OCH3 is 1. The largest absolute Gasteiger partial charge is 0.383 e. The summed E-state index contributed by atoms with van der Waals surface area (Å²) >= 11 is 0. The van der Waals surface area contributed by atoms with Crippen molar-refractivity contribution >= 4 is 0 Å². The molecule has 3 heteroatoms. The highest BCUT2D eigenvalue weighted by molar-refractivity contribution is 4.96. The predicted octanol–water partition coefficient (Wildman–Crippen LogP) is 1.40. The zero-order chi connectivity index (χ0) is 9.68. The number of hydrogen-bond acceptors (Lipinski definition) is 3. The van der Waals surface area contributed by atoms with Crippen LogP contribution in [0.1, 0.15) is 26.2 Å². The van der Waals surface area contributed by atoms with E-state index in [2.05, 4.69) is 17.9 Å². The Morgan fingerprint density at radius 1 is 1.69 bits per heavy atom. The van der Waals surface area contributed by atoms with Crippen molar-refractivity contribution in [1.29, 1.82) is 5.26 Å². The molecule has 1 saturated heterocycles. The van der Waals surface area contributed by atoms with Gasteiger partial charge in [0.05, 0.1) is 18.7 Å². The van der Waals surface area contributed by atoms with Gasteiger partial charge in [0.15, 0.2) is 0 Å². The van der Waals surface area contributed by atoms with Crippen LogP contribution in [0.3, 0.4) is 0 Å². The first-order valence-corrected chi connectivity index (χ1v) is 4.97. The zero-order valence-corrected chi connectivity index (χ0v) is 8.49. The Labute approximate surface area is 80.3 Å². The van der Waals surface area contributed by atoms with Gasteiger partial charge >= 0.3 is 0 Å². The van der Waals surface area contributed by atoms with Gasteiger partial charge in [-0.05, 0) is 25.8 Å². The third kappa shape index (κ3) is 2.43. The van der Waals surface area contributed by atoms with Gasteiger partial charge in [0.25, 0.3) is 0 Å². The Bertz CT molecular complexity index is 188.